The molecule has 1 aliphatic rings. The summed E-state index contributed by atoms with van der Waals surface area (Å²) in [5.41, 5.74) is 6.56. The van der Waals surface area contributed by atoms with Crippen molar-refractivity contribution in [2.24, 2.45) is 11.7 Å². The Balaban J connectivity index is 1.87. The molecule has 14 heavy (non-hydrogen) atoms. The summed E-state index contributed by atoms with van der Waals surface area (Å²) in [7, 11) is 0. The maximum Gasteiger partial charge on any atom is 0.129 e. The van der Waals surface area contributed by atoms with Crippen LogP contribution < -0.4 is 11.1 Å². The number of hydrogen-bond donors (Lipinski definition) is 2. The highest BCUT2D eigenvalue weighted by Crippen LogP contribution is 2.28. The molecule has 0 saturated heterocycles. The molecule has 0 aromatic carbocycles. The van der Waals surface area contributed by atoms with E-state index in [0.717, 1.165) is 18.1 Å². The Labute approximate surface area is 83.9 Å². The molecule has 0 bridgehead atoms. The fourth-order valence-electron chi connectivity index (χ4n) is 1.79. The highest BCUT2D eigenvalue weighted by Gasteiger charge is 2.27. The van der Waals surface area contributed by atoms with Gasteiger partial charge in [-0.1, -0.05) is 0 Å². The molecule has 0 radical (unpaired) electrons. The first-order chi connectivity index (χ1) is 6.78. The van der Waals surface area contributed by atoms with Crippen molar-refractivity contribution in [2.75, 3.05) is 11.9 Å². The normalized spacial score (nSPS) is 25.6. The quantitative estimate of drug-likeness (QED) is 0.748. The number of nitrogens with two attached hydrogens (primary N) is 1. The van der Waals surface area contributed by atoms with E-state index in [4.69, 9.17) is 5.73 Å². The van der Waals surface area contributed by atoms with Gasteiger partial charge in [-0.25, -0.2) is 9.97 Å². The Morgan fingerprint density at radius 1 is 1.50 bits per heavy atom. The van der Waals surface area contributed by atoms with E-state index >= 15 is 0 Å². The minimum Gasteiger partial charge on any atom is -0.367 e. The molecule has 1 fully saturated rings. The first-order valence-electron chi connectivity index (χ1n) is 5.03. The minimum absolute atomic E-state index is 0.554. The predicted octanol–water partition coefficient (Wildman–Crippen LogP) is 0.934. The molecule has 1 aliphatic carbocycles. The van der Waals surface area contributed by atoms with Crippen molar-refractivity contribution in [3.63, 3.8) is 0 Å². The number of nitrogens with zero attached hydrogens (tertiary/aromatic N) is 2. The number of nitrogens with one attached hydrogen (secondary N) is 1. The summed E-state index contributed by atoms with van der Waals surface area (Å²) < 4.78 is 0. The highest BCUT2D eigenvalue weighted by molar-refractivity contribution is 5.36. The summed E-state index contributed by atoms with van der Waals surface area (Å²) >= 11 is 0. The third kappa shape index (κ3) is 2.01. The lowest BCUT2D eigenvalue weighted by Crippen LogP contribution is -2.39. The van der Waals surface area contributed by atoms with Gasteiger partial charge in [-0.05, 0) is 32.2 Å². The predicted molar refractivity (Wildman–Crippen MR) is 56.0 cm³/mol. The lowest BCUT2D eigenvalue weighted by atomic mass is 9.80. The average molecular weight is 192 g/mol. The van der Waals surface area contributed by atoms with E-state index in [9.17, 15) is 0 Å². The van der Waals surface area contributed by atoms with Gasteiger partial charge >= 0.3 is 0 Å². The van der Waals surface area contributed by atoms with Crippen LogP contribution in [0.1, 0.15) is 18.5 Å². The largest absolute Gasteiger partial charge is 0.367 e. The summed E-state index contributed by atoms with van der Waals surface area (Å²) in [5.74, 6) is 1.63. The van der Waals surface area contributed by atoms with Crippen LogP contribution in [0.25, 0.3) is 0 Å². The summed E-state index contributed by atoms with van der Waals surface area (Å²) in [5, 5.41) is 3.38. The number of hydrogen-bond acceptors (Lipinski definition) is 4. The Bertz CT molecular complexity index is 307. The maximum atomic E-state index is 5.56. The van der Waals surface area contributed by atoms with E-state index in [1.807, 2.05) is 13.0 Å². The van der Waals surface area contributed by atoms with Crippen molar-refractivity contribution in [1.82, 2.24) is 9.97 Å². The van der Waals surface area contributed by atoms with Gasteiger partial charge in [0.05, 0.1) is 0 Å². The zero-order valence-corrected chi connectivity index (χ0v) is 8.40. The number of aromatic nitrogens is 2. The molecule has 4 heteroatoms. The number of rotatable bonds is 3. The number of aryl methyl sites for hydroxylation is 1. The molecule has 1 saturated carbocycles. The summed E-state index contributed by atoms with van der Waals surface area (Å²) in [6.45, 7) is 2.78. The third-order valence-electron chi connectivity index (χ3n) is 2.72. The molecule has 0 spiro atoms. The van der Waals surface area contributed by atoms with Crippen molar-refractivity contribution in [3.8, 4) is 0 Å². The second kappa shape index (κ2) is 3.92. The van der Waals surface area contributed by atoms with Crippen LogP contribution in [0, 0.1) is 12.8 Å². The molecule has 1 aromatic rings. The van der Waals surface area contributed by atoms with Crippen molar-refractivity contribution in [2.45, 2.75) is 25.8 Å². The molecule has 76 valence electrons. The zero-order chi connectivity index (χ0) is 9.97. The molecule has 0 atom stereocenters. The lowest BCUT2D eigenvalue weighted by molar-refractivity contribution is 0.291. The number of anilines is 1. The van der Waals surface area contributed by atoms with Crippen LogP contribution in [0.4, 0.5) is 5.82 Å². The molecule has 1 heterocycles. The van der Waals surface area contributed by atoms with Crippen LogP contribution in [-0.2, 0) is 0 Å². The van der Waals surface area contributed by atoms with Crippen molar-refractivity contribution in [3.05, 3.63) is 18.1 Å². The van der Waals surface area contributed by atoms with Crippen molar-refractivity contribution in [1.29, 1.82) is 0 Å². The minimum atomic E-state index is 0.554. The van der Waals surface area contributed by atoms with Crippen LogP contribution >= 0.6 is 0 Å². The van der Waals surface area contributed by atoms with Crippen molar-refractivity contribution < 1.29 is 0 Å². The van der Waals surface area contributed by atoms with E-state index in [-0.39, 0.29) is 0 Å². The van der Waals surface area contributed by atoms with Gasteiger partial charge in [0, 0.05) is 17.8 Å². The Kier molecular flexibility index (Phi) is 2.63. The van der Waals surface area contributed by atoms with Gasteiger partial charge in [-0.3, -0.25) is 0 Å². The Hall–Kier alpha value is -1.16. The van der Waals surface area contributed by atoms with Gasteiger partial charge in [0.2, 0.25) is 0 Å². The molecule has 3 N–H and O–H groups in total. The lowest BCUT2D eigenvalue weighted by Gasteiger charge is -2.35. The molecular formula is C10H16N4. The van der Waals surface area contributed by atoms with Gasteiger partial charge in [-0.15, -0.1) is 0 Å². The molecular weight excluding hydrogens is 176 g/mol. The third-order valence-corrected chi connectivity index (χ3v) is 2.72. The highest BCUT2D eigenvalue weighted by atomic mass is 15.0. The second-order valence-electron chi connectivity index (χ2n) is 3.96. The maximum absolute atomic E-state index is 5.56. The topological polar surface area (TPSA) is 63.8 Å². The van der Waals surface area contributed by atoms with Crippen LogP contribution in [0.2, 0.25) is 0 Å². The zero-order valence-electron chi connectivity index (χ0n) is 8.40. The monoisotopic (exact) mass is 192 g/mol. The van der Waals surface area contributed by atoms with Crippen LogP contribution in [0.3, 0.4) is 0 Å². The fourth-order valence-corrected chi connectivity index (χ4v) is 1.79. The first kappa shape index (κ1) is 9.40. The van der Waals surface area contributed by atoms with Gasteiger partial charge in [0.15, 0.2) is 0 Å². The van der Waals surface area contributed by atoms with Gasteiger partial charge < -0.3 is 11.1 Å². The standard InChI is InChI=1S/C10H16N4/c1-7-2-10(13-6-12-7)14-9-3-8(4-9)5-11/h2,6,8-9H,3-5,11H2,1H3,(H,12,13,14). The first-order valence-corrected chi connectivity index (χ1v) is 5.03. The molecule has 2 rings (SSSR count). The second-order valence-corrected chi connectivity index (χ2v) is 3.96. The fraction of sp³-hybridized carbons (Fsp3) is 0.600. The molecule has 0 unspecified atom stereocenters. The van der Waals surface area contributed by atoms with Gasteiger partial charge in [0.1, 0.15) is 12.1 Å². The van der Waals surface area contributed by atoms with Gasteiger partial charge in [-0.2, -0.15) is 0 Å². The summed E-state index contributed by atoms with van der Waals surface area (Å²) in [6.07, 6.45) is 3.93. The summed E-state index contributed by atoms with van der Waals surface area (Å²) in [6, 6.07) is 2.52. The van der Waals surface area contributed by atoms with Crippen LogP contribution in [0.15, 0.2) is 12.4 Å². The molecule has 4 nitrogen and oxygen atoms in total. The summed E-state index contributed by atoms with van der Waals surface area (Å²) in [4.78, 5) is 8.21. The van der Waals surface area contributed by atoms with E-state index in [0.29, 0.717) is 12.0 Å². The Morgan fingerprint density at radius 2 is 2.29 bits per heavy atom. The van der Waals surface area contributed by atoms with E-state index in [1.54, 1.807) is 6.33 Å². The molecule has 0 aliphatic heterocycles. The molecule has 0 amide bonds. The SMILES string of the molecule is Cc1cc(NC2CC(CN)C2)ncn1. The van der Waals surface area contributed by atoms with Gasteiger partial charge in [0.25, 0.3) is 0 Å². The van der Waals surface area contributed by atoms with Crippen LogP contribution in [-0.4, -0.2) is 22.6 Å². The van der Waals surface area contributed by atoms with E-state index in [1.165, 1.54) is 12.8 Å². The Morgan fingerprint density at radius 3 is 2.93 bits per heavy atom. The molecule has 1 aromatic heterocycles. The van der Waals surface area contributed by atoms with E-state index < -0.39 is 0 Å². The van der Waals surface area contributed by atoms with Crippen molar-refractivity contribution >= 4 is 5.82 Å². The smallest absolute Gasteiger partial charge is 0.129 e. The van der Waals surface area contributed by atoms with Crippen LogP contribution in [0.5, 0.6) is 0 Å². The average Bonchev–Trinajstić information content (AvgIpc) is 2.10. The van der Waals surface area contributed by atoms with E-state index in [2.05, 4.69) is 15.3 Å².